The summed E-state index contributed by atoms with van der Waals surface area (Å²) in [7, 11) is 0. The number of thioether (sulfide) groups is 1. The van der Waals surface area contributed by atoms with Gasteiger partial charge >= 0.3 is 0 Å². The molecular weight excluding hydrogens is 402 g/mol. The van der Waals surface area contributed by atoms with Crippen molar-refractivity contribution < 1.29 is 4.42 Å². The smallest absolute Gasteiger partial charge is 0.161 e. The summed E-state index contributed by atoms with van der Waals surface area (Å²) in [5, 5.41) is 1.86. The number of aliphatic imine (C=N–C) groups is 1. The Kier molecular flexibility index (Phi) is 4.88. The number of aromatic nitrogens is 1. The Bertz CT molecular complexity index is 1060. The number of nitrogens with zero attached hydrogens (tertiary/aromatic N) is 3. The highest BCUT2D eigenvalue weighted by atomic mass is 35.5. The second kappa shape index (κ2) is 7.54. The van der Waals surface area contributed by atoms with E-state index >= 15 is 0 Å². The predicted octanol–water partition coefficient (Wildman–Crippen LogP) is 6.28. The normalized spacial score (nSPS) is 23.3. The Morgan fingerprint density at radius 1 is 1.21 bits per heavy atom. The van der Waals surface area contributed by atoms with Crippen molar-refractivity contribution in [2.75, 3.05) is 5.75 Å². The third kappa shape index (κ3) is 3.26. The molecule has 29 heavy (non-hydrogen) atoms. The quantitative estimate of drug-likeness (QED) is 0.495. The van der Waals surface area contributed by atoms with Crippen molar-refractivity contribution in [1.82, 2.24) is 9.88 Å². The lowest BCUT2D eigenvalue weighted by Gasteiger charge is -2.30. The van der Waals surface area contributed by atoms with Gasteiger partial charge in [0.15, 0.2) is 5.17 Å². The SMILES string of the molecule is CC[C@@H]1CSC2=N[C@@H](c3ccccn3)[C@@H](c3ccc(-c4ccc(C)c(Cl)c4)o3)N21. The molecule has 2 aliphatic heterocycles. The molecule has 2 aliphatic rings. The Morgan fingerprint density at radius 2 is 2.10 bits per heavy atom. The van der Waals surface area contributed by atoms with Gasteiger partial charge in [-0.15, -0.1) is 0 Å². The fraction of sp³-hybridized carbons (Fsp3) is 0.304. The minimum Gasteiger partial charge on any atom is -0.459 e. The topological polar surface area (TPSA) is 41.6 Å². The Hall–Kier alpha value is -2.24. The lowest BCUT2D eigenvalue weighted by Crippen LogP contribution is -2.35. The number of rotatable bonds is 4. The number of amidine groups is 1. The molecular formula is C23H22ClN3OS. The second-order valence-corrected chi connectivity index (χ2v) is 8.90. The lowest BCUT2D eigenvalue weighted by atomic mass is 10.0. The molecule has 0 amide bonds. The van der Waals surface area contributed by atoms with E-state index in [-0.39, 0.29) is 12.1 Å². The van der Waals surface area contributed by atoms with Gasteiger partial charge in [0.2, 0.25) is 0 Å². The minimum absolute atomic E-state index is 0.0227. The maximum Gasteiger partial charge on any atom is 0.161 e. The van der Waals surface area contributed by atoms with Crippen LogP contribution in [-0.2, 0) is 0 Å². The van der Waals surface area contributed by atoms with E-state index in [0.29, 0.717) is 6.04 Å². The fourth-order valence-corrected chi connectivity index (χ4v) is 5.59. The molecule has 0 bridgehead atoms. The van der Waals surface area contributed by atoms with E-state index in [1.807, 2.05) is 55.2 Å². The van der Waals surface area contributed by atoms with Crippen molar-refractivity contribution in [3.8, 4) is 11.3 Å². The van der Waals surface area contributed by atoms with Crippen LogP contribution in [0.1, 0.15) is 42.4 Å². The first-order valence-electron chi connectivity index (χ1n) is 9.92. The summed E-state index contributed by atoms with van der Waals surface area (Å²) < 4.78 is 6.39. The molecule has 0 unspecified atom stereocenters. The molecule has 4 heterocycles. The summed E-state index contributed by atoms with van der Waals surface area (Å²) in [6.45, 7) is 4.24. The van der Waals surface area contributed by atoms with Crippen LogP contribution in [0.5, 0.6) is 0 Å². The van der Waals surface area contributed by atoms with E-state index < -0.39 is 0 Å². The molecule has 1 aromatic carbocycles. The summed E-state index contributed by atoms with van der Waals surface area (Å²) in [5.74, 6) is 2.82. The van der Waals surface area contributed by atoms with Crippen LogP contribution in [0.15, 0.2) is 64.1 Å². The van der Waals surface area contributed by atoms with Gasteiger partial charge in [0.1, 0.15) is 23.6 Å². The molecule has 0 radical (unpaired) electrons. The maximum atomic E-state index is 6.39. The van der Waals surface area contributed by atoms with Gasteiger partial charge in [0.05, 0.1) is 5.69 Å². The monoisotopic (exact) mass is 423 g/mol. The highest BCUT2D eigenvalue weighted by molar-refractivity contribution is 8.14. The van der Waals surface area contributed by atoms with Crippen molar-refractivity contribution in [2.24, 2.45) is 4.99 Å². The molecule has 148 valence electrons. The number of pyridine rings is 1. The van der Waals surface area contributed by atoms with Gasteiger partial charge in [0.25, 0.3) is 0 Å². The van der Waals surface area contributed by atoms with Gasteiger partial charge in [-0.25, -0.2) is 4.99 Å². The zero-order valence-electron chi connectivity index (χ0n) is 16.4. The summed E-state index contributed by atoms with van der Waals surface area (Å²) >= 11 is 8.17. The molecule has 1 saturated heterocycles. The number of hydrogen-bond donors (Lipinski definition) is 0. The zero-order valence-corrected chi connectivity index (χ0v) is 18.0. The van der Waals surface area contributed by atoms with Gasteiger partial charge in [0, 0.05) is 28.6 Å². The summed E-state index contributed by atoms with van der Waals surface area (Å²) in [6, 6.07) is 16.6. The third-order valence-corrected chi connectivity index (χ3v) is 7.24. The average molecular weight is 424 g/mol. The van der Waals surface area contributed by atoms with Crippen LogP contribution in [0.2, 0.25) is 5.02 Å². The van der Waals surface area contributed by atoms with Gasteiger partial charge in [-0.3, -0.25) is 4.98 Å². The van der Waals surface area contributed by atoms with Gasteiger partial charge in [-0.05, 0) is 49.2 Å². The van der Waals surface area contributed by atoms with Crippen LogP contribution in [0.25, 0.3) is 11.3 Å². The molecule has 0 spiro atoms. The summed E-state index contributed by atoms with van der Waals surface area (Å²) in [5.41, 5.74) is 3.03. The number of furan rings is 1. The first-order valence-corrected chi connectivity index (χ1v) is 11.3. The maximum absolute atomic E-state index is 6.39. The van der Waals surface area contributed by atoms with Crippen LogP contribution in [0, 0.1) is 6.92 Å². The van der Waals surface area contributed by atoms with E-state index in [4.69, 9.17) is 21.0 Å². The largest absolute Gasteiger partial charge is 0.459 e. The van der Waals surface area contributed by atoms with Crippen molar-refractivity contribution >= 4 is 28.5 Å². The first kappa shape index (κ1) is 18.8. The number of halogens is 1. The molecule has 4 nitrogen and oxygen atoms in total. The van der Waals surface area contributed by atoms with Gasteiger partial charge < -0.3 is 9.32 Å². The predicted molar refractivity (Wildman–Crippen MR) is 119 cm³/mol. The molecule has 1 fully saturated rings. The van der Waals surface area contributed by atoms with E-state index in [1.54, 1.807) is 0 Å². The van der Waals surface area contributed by atoms with Gasteiger partial charge in [-0.2, -0.15) is 0 Å². The molecule has 0 aliphatic carbocycles. The standard InChI is InChI=1S/C23H22ClN3OS/c1-3-16-13-29-23-26-21(18-6-4-5-11-25-18)22(27(16)23)20-10-9-19(28-20)15-8-7-14(2)17(24)12-15/h4-12,16,21-22H,3,13H2,1-2H3/t16-,21+,22-/m1/s1. The van der Waals surface area contributed by atoms with E-state index in [1.165, 1.54) is 0 Å². The lowest BCUT2D eigenvalue weighted by molar-refractivity contribution is 0.226. The molecule has 5 rings (SSSR count). The van der Waals surface area contributed by atoms with Crippen LogP contribution >= 0.6 is 23.4 Å². The molecule has 3 atom stereocenters. The molecule has 0 N–H and O–H groups in total. The molecule has 3 aromatic rings. The number of hydrogen-bond acceptors (Lipinski definition) is 5. The highest BCUT2D eigenvalue weighted by Crippen LogP contribution is 2.49. The Labute approximate surface area is 180 Å². The van der Waals surface area contributed by atoms with Crippen LogP contribution < -0.4 is 0 Å². The minimum atomic E-state index is -0.0614. The number of benzene rings is 1. The van der Waals surface area contributed by atoms with E-state index in [0.717, 1.165) is 50.7 Å². The summed E-state index contributed by atoms with van der Waals surface area (Å²) in [6.07, 6.45) is 2.92. The van der Waals surface area contributed by atoms with E-state index in [2.05, 4.69) is 35.0 Å². The van der Waals surface area contributed by atoms with Crippen molar-refractivity contribution in [2.45, 2.75) is 38.4 Å². The highest BCUT2D eigenvalue weighted by Gasteiger charge is 2.46. The third-order valence-electron chi connectivity index (χ3n) is 5.70. The molecule has 2 aromatic heterocycles. The van der Waals surface area contributed by atoms with Crippen molar-refractivity contribution in [3.05, 3.63) is 76.8 Å². The second-order valence-electron chi connectivity index (χ2n) is 7.50. The van der Waals surface area contributed by atoms with Crippen molar-refractivity contribution in [1.29, 1.82) is 0 Å². The van der Waals surface area contributed by atoms with Crippen LogP contribution in [0.4, 0.5) is 0 Å². The number of aryl methyl sites for hydroxylation is 1. The molecule has 6 heteroatoms. The summed E-state index contributed by atoms with van der Waals surface area (Å²) in [4.78, 5) is 12.1. The first-order chi connectivity index (χ1) is 14.2. The Balaban J connectivity index is 1.55. The number of fused-ring (bicyclic) bond motifs is 1. The fourth-order valence-electron chi connectivity index (χ4n) is 4.07. The van der Waals surface area contributed by atoms with Crippen LogP contribution in [-0.4, -0.2) is 26.8 Å². The zero-order chi connectivity index (χ0) is 20.0. The molecule has 0 saturated carbocycles. The van der Waals surface area contributed by atoms with Gasteiger partial charge in [-0.1, -0.05) is 48.5 Å². The van der Waals surface area contributed by atoms with Crippen molar-refractivity contribution in [3.63, 3.8) is 0 Å². The Morgan fingerprint density at radius 3 is 2.86 bits per heavy atom. The van der Waals surface area contributed by atoms with E-state index in [9.17, 15) is 0 Å². The average Bonchev–Trinajstić information content (AvgIpc) is 3.45. The van der Waals surface area contributed by atoms with Crippen LogP contribution in [0.3, 0.4) is 0 Å².